The van der Waals surface area contributed by atoms with Crippen LogP contribution in [0, 0.1) is 0 Å². The summed E-state index contributed by atoms with van der Waals surface area (Å²) in [6.45, 7) is 3.05. The van der Waals surface area contributed by atoms with E-state index in [-0.39, 0.29) is 6.10 Å². The molecular weight excluding hydrogens is 404 g/mol. The van der Waals surface area contributed by atoms with E-state index in [0.29, 0.717) is 19.8 Å². The van der Waals surface area contributed by atoms with Crippen molar-refractivity contribution in [1.29, 1.82) is 0 Å². The summed E-state index contributed by atoms with van der Waals surface area (Å²) in [5.74, 6) is 0. The highest BCUT2D eigenvalue weighted by atomic mass is 16.7. The lowest BCUT2D eigenvalue weighted by Crippen LogP contribution is -2.59. The largest absolute Gasteiger partial charge is 0.368 e. The van der Waals surface area contributed by atoms with Gasteiger partial charge in [-0.1, -0.05) is 91.0 Å². The van der Waals surface area contributed by atoms with Gasteiger partial charge in [0.1, 0.15) is 18.3 Å². The van der Waals surface area contributed by atoms with Gasteiger partial charge in [0.15, 0.2) is 6.29 Å². The predicted molar refractivity (Wildman–Crippen MR) is 122 cm³/mol. The number of benzene rings is 3. The second-order valence-corrected chi connectivity index (χ2v) is 8.02. The normalized spacial score (nSPS) is 25.5. The molecule has 32 heavy (non-hydrogen) atoms. The summed E-state index contributed by atoms with van der Waals surface area (Å²) in [6.07, 6.45) is -3.04. The molecule has 3 aromatic carbocycles. The Bertz CT molecular complexity index is 863. The van der Waals surface area contributed by atoms with Gasteiger partial charge in [0.05, 0.1) is 25.9 Å². The van der Waals surface area contributed by atoms with Crippen LogP contribution >= 0.6 is 0 Å². The van der Waals surface area contributed by atoms with Gasteiger partial charge in [0.2, 0.25) is 0 Å². The molecule has 0 aliphatic carbocycles. The minimum Gasteiger partial charge on any atom is -0.368 e. The van der Waals surface area contributed by atoms with Gasteiger partial charge in [0, 0.05) is 0 Å². The predicted octanol–water partition coefficient (Wildman–Crippen LogP) is 4.48. The van der Waals surface area contributed by atoms with Crippen molar-refractivity contribution in [2.75, 3.05) is 0 Å². The molecule has 1 heterocycles. The molecule has 1 fully saturated rings. The van der Waals surface area contributed by atoms with Gasteiger partial charge in [0.25, 0.3) is 0 Å². The van der Waals surface area contributed by atoms with Crippen molar-refractivity contribution in [3.63, 3.8) is 0 Å². The number of hydrogen-bond acceptors (Lipinski definition) is 5. The zero-order valence-corrected chi connectivity index (χ0v) is 18.2. The smallest absolute Gasteiger partial charge is 0.184 e. The summed E-state index contributed by atoms with van der Waals surface area (Å²) in [7, 11) is 0. The lowest BCUT2D eigenvalue weighted by atomic mass is 9.98. The van der Waals surface area contributed by atoms with Gasteiger partial charge < -0.3 is 24.1 Å². The molecule has 5 nitrogen and oxygen atoms in total. The van der Waals surface area contributed by atoms with E-state index < -0.39 is 24.6 Å². The highest BCUT2D eigenvalue weighted by molar-refractivity contribution is 5.15. The first kappa shape index (κ1) is 22.6. The third-order valence-electron chi connectivity index (χ3n) is 5.60. The Morgan fingerprint density at radius 3 is 1.41 bits per heavy atom. The quantitative estimate of drug-likeness (QED) is 0.538. The van der Waals surface area contributed by atoms with E-state index in [1.54, 1.807) is 0 Å². The average molecular weight is 435 g/mol. The standard InChI is InChI=1S/C27H30O5/c1-20-24(29-17-21-11-5-2-6-12-21)25(30-18-22-13-7-3-8-14-22)26(27(28)32-20)31-19-23-15-9-4-10-16-23/h2-16,20,24-28H,17-19H2,1H3/t20?,24-,25-,26-,27+/m0/s1. The van der Waals surface area contributed by atoms with Gasteiger partial charge in [-0.3, -0.25) is 0 Å². The van der Waals surface area contributed by atoms with Crippen molar-refractivity contribution >= 4 is 0 Å². The van der Waals surface area contributed by atoms with Gasteiger partial charge in [-0.05, 0) is 23.6 Å². The highest BCUT2D eigenvalue weighted by Gasteiger charge is 2.46. The van der Waals surface area contributed by atoms with Crippen LogP contribution in [-0.2, 0) is 38.8 Å². The number of aliphatic hydroxyl groups is 1. The monoisotopic (exact) mass is 434 g/mol. The lowest BCUT2D eigenvalue weighted by Gasteiger charge is -2.43. The zero-order valence-electron chi connectivity index (χ0n) is 18.2. The number of aliphatic hydroxyl groups excluding tert-OH is 1. The fraction of sp³-hybridized carbons (Fsp3) is 0.333. The molecule has 3 aromatic rings. The summed E-state index contributed by atoms with van der Waals surface area (Å²) >= 11 is 0. The maximum absolute atomic E-state index is 10.7. The van der Waals surface area contributed by atoms with Gasteiger partial charge >= 0.3 is 0 Å². The van der Waals surface area contributed by atoms with Gasteiger partial charge in [-0.25, -0.2) is 0 Å². The van der Waals surface area contributed by atoms with Crippen LogP contribution in [-0.4, -0.2) is 35.8 Å². The SMILES string of the molecule is CC1O[C@@H](O)[C@@H](OCc2ccccc2)[C@@H](OCc2ccccc2)[C@H]1OCc1ccccc1. The fourth-order valence-electron chi connectivity index (χ4n) is 3.89. The molecule has 0 amide bonds. The molecule has 1 aliphatic rings. The van der Waals surface area contributed by atoms with Crippen LogP contribution in [0.15, 0.2) is 91.0 Å². The molecule has 5 heteroatoms. The molecular formula is C27H30O5. The van der Waals surface area contributed by atoms with Crippen molar-refractivity contribution in [3.8, 4) is 0 Å². The second kappa shape index (κ2) is 11.4. The van der Waals surface area contributed by atoms with Crippen molar-refractivity contribution in [1.82, 2.24) is 0 Å². The fourth-order valence-corrected chi connectivity index (χ4v) is 3.89. The number of ether oxygens (including phenoxy) is 4. The molecule has 5 atom stereocenters. The van der Waals surface area contributed by atoms with E-state index in [1.807, 2.05) is 97.9 Å². The first-order valence-electron chi connectivity index (χ1n) is 11.0. The van der Waals surface area contributed by atoms with E-state index >= 15 is 0 Å². The molecule has 1 saturated heterocycles. The van der Waals surface area contributed by atoms with Crippen LogP contribution in [0.2, 0.25) is 0 Å². The van der Waals surface area contributed by atoms with Crippen LogP contribution in [0.25, 0.3) is 0 Å². The lowest BCUT2D eigenvalue weighted by molar-refractivity contribution is -0.308. The maximum atomic E-state index is 10.7. The Balaban J connectivity index is 1.50. The molecule has 1 N–H and O–H groups in total. The van der Waals surface area contributed by atoms with Gasteiger partial charge in [-0.15, -0.1) is 0 Å². The molecule has 0 spiro atoms. The van der Waals surface area contributed by atoms with Crippen LogP contribution in [0.3, 0.4) is 0 Å². The first-order chi connectivity index (χ1) is 15.7. The highest BCUT2D eigenvalue weighted by Crippen LogP contribution is 2.29. The Morgan fingerprint density at radius 1 is 0.594 bits per heavy atom. The zero-order chi connectivity index (χ0) is 22.2. The number of hydrogen-bond donors (Lipinski definition) is 1. The van der Waals surface area contributed by atoms with E-state index in [9.17, 15) is 5.11 Å². The van der Waals surface area contributed by atoms with E-state index in [2.05, 4.69) is 0 Å². The first-order valence-corrected chi connectivity index (χ1v) is 11.0. The summed E-state index contributed by atoms with van der Waals surface area (Å²) in [5.41, 5.74) is 3.13. The van der Waals surface area contributed by atoms with Crippen LogP contribution in [0.4, 0.5) is 0 Å². The summed E-state index contributed by atoms with van der Waals surface area (Å²) in [6, 6.07) is 29.8. The Morgan fingerprint density at radius 2 is 0.969 bits per heavy atom. The molecule has 4 rings (SSSR count). The third-order valence-corrected chi connectivity index (χ3v) is 5.60. The summed E-state index contributed by atoms with van der Waals surface area (Å²) < 4.78 is 24.5. The number of rotatable bonds is 9. The maximum Gasteiger partial charge on any atom is 0.184 e. The topological polar surface area (TPSA) is 57.2 Å². The van der Waals surface area contributed by atoms with Crippen LogP contribution in [0.5, 0.6) is 0 Å². The summed E-state index contributed by atoms with van der Waals surface area (Å²) in [4.78, 5) is 0. The molecule has 0 aromatic heterocycles. The van der Waals surface area contributed by atoms with E-state index in [4.69, 9.17) is 18.9 Å². The molecule has 1 aliphatic heterocycles. The Hall–Kier alpha value is -2.54. The minimum absolute atomic E-state index is 0.344. The minimum atomic E-state index is -1.11. The van der Waals surface area contributed by atoms with Gasteiger partial charge in [-0.2, -0.15) is 0 Å². The Labute approximate surface area is 189 Å². The molecule has 168 valence electrons. The Kier molecular flexibility index (Phi) is 8.04. The van der Waals surface area contributed by atoms with Crippen molar-refractivity contribution in [2.24, 2.45) is 0 Å². The second-order valence-electron chi connectivity index (χ2n) is 8.02. The van der Waals surface area contributed by atoms with Crippen molar-refractivity contribution in [2.45, 2.75) is 57.5 Å². The molecule has 0 saturated carbocycles. The van der Waals surface area contributed by atoms with Crippen LogP contribution < -0.4 is 0 Å². The van der Waals surface area contributed by atoms with E-state index in [1.165, 1.54) is 0 Å². The molecule has 1 unspecified atom stereocenters. The molecule has 0 radical (unpaired) electrons. The van der Waals surface area contributed by atoms with Crippen molar-refractivity contribution < 1.29 is 24.1 Å². The van der Waals surface area contributed by atoms with E-state index in [0.717, 1.165) is 16.7 Å². The van der Waals surface area contributed by atoms with Crippen LogP contribution in [0.1, 0.15) is 23.6 Å². The summed E-state index contributed by atoms with van der Waals surface area (Å²) in [5, 5.41) is 10.7. The molecule has 0 bridgehead atoms. The third kappa shape index (κ3) is 6.03. The average Bonchev–Trinajstić information content (AvgIpc) is 2.83. The van der Waals surface area contributed by atoms with Crippen molar-refractivity contribution in [3.05, 3.63) is 108 Å².